The van der Waals surface area contributed by atoms with Gasteiger partial charge in [-0.25, -0.2) is 9.59 Å². The van der Waals surface area contributed by atoms with Gasteiger partial charge >= 0.3 is 12.0 Å². The fraction of sp³-hybridized carbons (Fsp3) is 0.842. The Balaban J connectivity index is 1.77. The van der Waals surface area contributed by atoms with E-state index in [9.17, 15) is 19.5 Å². The third-order valence-corrected chi connectivity index (χ3v) is 7.09. The molecule has 154 valence electrons. The number of aliphatic carboxylic acids is 1. The second kappa shape index (κ2) is 8.46. The number of hydrogen-bond acceptors (Lipinski definition) is 4. The summed E-state index contributed by atoms with van der Waals surface area (Å²) in [7, 11) is 0. The van der Waals surface area contributed by atoms with Gasteiger partial charge in [-0.3, -0.25) is 4.79 Å². The van der Waals surface area contributed by atoms with Crippen LogP contribution in [0.4, 0.5) is 4.79 Å². The standard InChI is InChI=1S/C19H34N4O4/c1-18(2)12-7-8-19(18,3)14(10-12)23-15(24)11-21-17(27)22-13(16(25)26)6-4-5-9-20/h12-14H,4-11,20H2,1-3H3,(H,23,24)(H,25,26)(H2,21,22,27)/t12-,13+,14?,19+/m1/s1. The molecule has 1 unspecified atom stereocenters. The Bertz CT molecular complexity index is 580. The zero-order valence-electron chi connectivity index (χ0n) is 16.6. The normalized spacial score (nSPS) is 29.2. The van der Waals surface area contributed by atoms with E-state index < -0.39 is 18.0 Å². The Kier molecular flexibility index (Phi) is 6.72. The van der Waals surface area contributed by atoms with Crippen molar-refractivity contribution in [2.45, 2.75) is 71.4 Å². The molecule has 27 heavy (non-hydrogen) atoms. The topological polar surface area (TPSA) is 134 Å². The highest BCUT2D eigenvalue weighted by molar-refractivity contribution is 5.86. The lowest BCUT2D eigenvalue weighted by Gasteiger charge is -2.39. The minimum atomic E-state index is -1.09. The zero-order chi connectivity index (χ0) is 20.2. The third kappa shape index (κ3) is 4.54. The van der Waals surface area contributed by atoms with Gasteiger partial charge in [0, 0.05) is 6.04 Å². The lowest BCUT2D eigenvalue weighted by molar-refractivity contribution is -0.139. The van der Waals surface area contributed by atoms with Crippen molar-refractivity contribution in [1.29, 1.82) is 0 Å². The van der Waals surface area contributed by atoms with Gasteiger partial charge in [0.2, 0.25) is 5.91 Å². The maximum atomic E-state index is 12.3. The predicted octanol–water partition coefficient (Wildman–Crippen LogP) is 1.20. The molecular weight excluding hydrogens is 348 g/mol. The van der Waals surface area contributed by atoms with Crippen LogP contribution in [0.1, 0.15) is 59.3 Å². The molecule has 2 aliphatic carbocycles. The monoisotopic (exact) mass is 382 g/mol. The van der Waals surface area contributed by atoms with Crippen LogP contribution in [0.5, 0.6) is 0 Å². The number of carboxylic acids is 1. The molecule has 2 bridgehead atoms. The van der Waals surface area contributed by atoms with E-state index >= 15 is 0 Å². The number of nitrogens with one attached hydrogen (secondary N) is 3. The Hall–Kier alpha value is -1.83. The molecule has 2 rings (SSSR count). The number of nitrogens with two attached hydrogens (primary N) is 1. The predicted molar refractivity (Wildman–Crippen MR) is 102 cm³/mol. The molecular formula is C19H34N4O4. The van der Waals surface area contributed by atoms with Gasteiger partial charge in [-0.1, -0.05) is 20.8 Å². The van der Waals surface area contributed by atoms with Crippen LogP contribution in [0.3, 0.4) is 0 Å². The van der Waals surface area contributed by atoms with E-state index in [-0.39, 0.29) is 29.3 Å². The summed E-state index contributed by atoms with van der Waals surface area (Å²) in [5.41, 5.74) is 5.68. The molecule has 8 heteroatoms. The SMILES string of the molecule is CC1(C)[C@@H]2CC[C@@]1(C)C(NC(=O)CNC(=O)N[C@@H](CCCCN)C(=O)O)C2. The molecule has 0 aromatic heterocycles. The van der Waals surface area contributed by atoms with Crippen molar-refractivity contribution in [3.63, 3.8) is 0 Å². The molecule has 6 N–H and O–H groups in total. The average molecular weight is 383 g/mol. The molecule has 2 aliphatic rings. The van der Waals surface area contributed by atoms with Crippen LogP contribution < -0.4 is 21.7 Å². The van der Waals surface area contributed by atoms with Crippen LogP contribution in [-0.4, -0.2) is 48.2 Å². The van der Waals surface area contributed by atoms with Crippen molar-refractivity contribution < 1.29 is 19.5 Å². The lowest BCUT2D eigenvalue weighted by atomic mass is 9.69. The highest BCUT2D eigenvalue weighted by Crippen LogP contribution is 2.65. The largest absolute Gasteiger partial charge is 0.480 e. The van der Waals surface area contributed by atoms with Gasteiger partial charge in [-0.05, 0) is 61.8 Å². The number of carbonyl (C=O) groups is 3. The summed E-state index contributed by atoms with van der Waals surface area (Å²) in [5, 5.41) is 17.1. The molecule has 0 aliphatic heterocycles. The summed E-state index contributed by atoms with van der Waals surface area (Å²) < 4.78 is 0. The fourth-order valence-electron chi connectivity index (χ4n) is 4.79. The molecule has 3 amide bonds. The molecule has 4 atom stereocenters. The minimum Gasteiger partial charge on any atom is -0.480 e. The maximum Gasteiger partial charge on any atom is 0.326 e. The highest BCUT2D eigenvalue weighted by Gasteiger charge is 2.61. The van der Waals surface area contributed by atoms with Crippen LogP contribution in [0.15, 0.2) is 0 Å². The van der Waals surface area contributed by atoms with E-state index in [2.05, 4.69) is 36.7 Å². The molecule has 0 radical (unpaired) electrons. The maximum absolute atomic E-state index is 12.3. The summed E-state index contributed by atoms with van der Waals surface area (Å²) in [6, 6.07) is -1.51. The van der Waals surface area contributed by atoms with Crippen molar-refractivity contribution in [3.8, 4) is 0 Å². The number of amides is 3. The molecule has 0 aromatic carbocycles. The van der Waals surface area contributed by atoms with Crippen LogP contribution in [0.25, 0.3) is 0 Å². The quantitative estimate of drug-likeness (QED) is 0.382. The number of carboxylic acid groups (broad SMARTS) is 1. The zero-order valence-corrected chi connectivity index (χ0v) is 16.6. The third-order valence-electron chi connectivity index (χ3n) is 7.09. The number of hydrogen-bond donors (Lipinski definition) is 5. The Labute approximate surface area is 161 Å². The molecule has 2 fully saturated rings. The first-order valence-electron chi connectivity index (χ1n) is 9.88. The summed E-state index contributed by atoms with van der Waals surface area (Å²) in [5.74, 6) is -0.715. The van der Waals surface area contributed by atoms with E-state index in [0.717, 1.165) is 12.8 Å². The summed E-state index contributed by atoms with van der Waals surface area (Å²) >= 11 is 0. The van der Waals surface area contributed by atoms with Crippen LogP contribution >= 0.6 is 0 Å². The molecule has 0 saturated heterocycles. The van der Waals surface area contributed by atoms with Crippen molar-refractivity contribution in [3.05, 3.63) is 0 Å². The second-order valence-corrected chi connectivity index (χ2v) is 8.73. The van der Waals surface area contributed by atoms with Crippen LogP contribution in [0.2, 0.25) is 0 Å². The molecule has 0 aromatic rings. The molecule has 2 saturated carbocycles. The fourth-order valence-corrected chi connectivity index (χ4v) is 4.79. The van der Waals surface area contributed by atoms with Gasteiger partial charge in [-0.15, -0.1) is 0 Å². The Morgan fingerprint density at radius 3 is 2.44 bits per heavy atom. The molecule has 8 nitrogen and oxygen atoms in total. The number of urea groups is 1. The second-order valence-electron chi connectivity index (χ2n) is 8.73. The van der Waals surface area contributed by atoms with Crippen molar-refractivity contribution in [2.24, 2.45) is 22.5 Å². The summed E-state index contributed by atoms with van der Waals surface area (Å²) in [6.07, 6.45) is 4.91. The van der Waals surface area contributed by atoms with Gasteiger partial charge in [0.1, 0.15) is 6.04 Å². The van der Waals surface area contributed by atoms with Crippen molar-refractivity contribution in [1.82, 2.24) is 16.0 Å². The number of carbonyl (C=O) groups excluding carboxylic acids is 2. The van der Waals surface area contributed by atoms with Gasteiger partial charge in [0.05, 0.1) is 6.54 Å². The number of fused-ring (bicyclic) bond motifs is 2. The highest BCUT2D eigenvalue weighted by atomic mass is 16.4. The number of rotatable bonds is 9. The van der Waals surface area contributed by atoms with Gasteiger partial charge < -0.3 is 26.8 Å². The lowest BCUT2D eigenvalue weighted by Crippen LogP contribution is -2.52. The van der Waals surface area contributed by atoms with E-state index in [1.807, 2.05) is 0 Å². The molecule has 0 spiro atoms. The number of unbranched alkanes of at least 4 members (excludes halogenated alkanes) is 1. The first-order valence-corrected chi connectivity index (χ1v) is 9.88. The first-order chi connectivity index (χ1) is 12.6. The van der Waals surface area contributed by atoms with Crippen molar-refractivity contribution in [2.75, 3.05) is 13.1 Å². The van der Waals surface area contributed by atoms with Crippen molar-refractivity contribution >= 4 is 17.9 Å². The Morgan fingerprint density at radius 1 is 1.22 bits per heavy atom. The van der Waals surface area contributed by atoms with Gasteiger partial charge in [-0.2, -0.15) is 0 Å². The molecule has 0 heterocycles. The summed E-state index contributed by atoms with van der Waals surface area (Å²) in [6.45, 7) is 7.11. The smallest absolute Gasteiger partial charge is 0.326 e. The van der Waals surface area contributed by atoms with E-state index in [0.29, 0.717) is 31.7 Å². The van der Waals surface area contributed by atoms with Crippen LogP contribution in [-0.2, 0) is 9.59 Å². The van der Waals surface area contributed by atoms with E-state index in [1.165, 1.54) is 6.42 Å². The average Bonchev–Trinajstić information content (AvgIpc) is 2.92. The first kappa shape index (κ1) is 21.5. The van der Waals surface area contributed by atoms with E-state index in [1.54, 1.807) is 0 Å². The van der Waals surface area contributed by atoms with Crippen LogP contribution in [0, 0.1) is 16.7 Å². The minimum absolute atomic E-state index is 0.0764. The van der Waals surface area contributed by atoms with E-state index in [4.69, 9.17) is 5.73 Å². The van der Waals surface area contributed by atoms with Gasteiger partial charge in [0.25, 0.3) is 0 Å². The van der Waals surface area contributed by atoms with Gasteiger partial charge in [0.15, 0.2) is 0 Å². The summed E-state index contributed by atoms with van der Waals surface area (Å²) in [4.78, 5) is 35.4. The Morgan fingerprint density at radius 2 is 1.93 bits per heavy atom.